The maximum absolute atomic E-state index is 12.1. The predicted molar refractivity (Wildman–Crippen MR) is 64.3 cm³/mol. The van der Waals surface area contributed by atoms with Gasteiger partial charge in [-0.2, -0.15) is 21.6 Å². The van der Waals surface area contributed by atoms with Crippen molar-refractivity contribution in [3.63, 3.8) is 0 Å². The topological polar surface area (TPSA) is 61.8 Å². The van der Waals surface area contributed by atoms with Gasteiger partial charge in [0.05, 0.1) is 25.8 Å². The molecular formula is C10H10ClF3O5S. The zero-order valence-electron chi connectivity index (χ0n) is 10.3. The summed E-state index contributed by atoms with van der Waals surface area (Å²) in [5.74, 6) is 0.319. The van der Waals surface area contributed by atoms with Crippen LogP contribution in [-0.2, 0) is 20.9 Å². The van der Waals surface area contributed by atoms with E-state index in [1.807, 2.05) is 0 Å². The van der Waals surface area contributed by atoms with E-state index in [0.717, 1.165) is 0 Å². The monoisotopic (exact) mass is 334 g/mol. The van der Waals surface area contributed by atoms with E-state index in [0.29, 0.717) is 0 Å². The first-order chi connectivity index (χ1) is 9.14. The number of methoxy groups -OCH3 is 2. The molecule has 0 aliphatic carbocycles. The molecule has 0 unspecified atom stereocenters. The minimum absolute atomic E-state index is 0.0112. The molecule has 0 bridgehead atoms. The second kappa shape index (κ2) is 6.06. The molecule has 0 amide bonds. The fourth-order valence-electron chi connectivity index (χ4n) is 1.25. The average Bonchev–Trinajstić information content (AvgIpc) is 2.35. The van der Waals surface area contributed by atoms with Crippen molar-refractivity contribution < 1.29 is 35.2 Å². The van der Waals surface area contributed by atoms with Crippen molar-refractivity contribution in [3.05, 3.63) is 22.7 Å². The number of ether oxygens (including phenoxy) is 2. The molecule has 0 aliphatic rings. The fourth-order valence-corrected chi connectivity index (χ4v) is 1.95. The number of halogens is 4. The number of hydrogen-bond donors (Lipinski definition) is 0. The van der Waals surface area contributed by atoms with E-state index in [9.17, 15) is 21.6 Å². The zero-order valence-corrected chi connectivity index (χ0v) is 11.9. The van der Waals surface area contributed by atoms with Crippen LogP contribution in [0.4, 0.5) is 13.2 Å². The Balaban J connectivity index is 3.01. The first-order valence-electron chi connectivity index (χ1n) is 4.99. The summed E-state index contributed by atoms with van der Waals surface area (Å²) in [7, 11) is -3.05. The van der Waals surface area contributed by atoms with Crippen LogP contribution >= 0.6 is 11.6 Å². The zero-order chi connectivity index (χ0) is 15.6. The van der Waals surface area contributed by atoms with E-state index in [-0.39, 0.29) is 22.1 Å². The SMILES string of the molecule is COc1ccc(COS(=O)(=O)C(F)(F)F)c(Cl)c1OC. The first kappa shape index (κ1) is 16.9. The maximum atomic E-state index is 12.1. The van der Waals surface area contributed by atoms with Crippen LogP contribution in [0, 0.1) is 0 Å². The molecule has 10 heteroatoms. The lowest BCUT2D eigenvalue weighted by molar-refractivity contribution is -0.0547. The summed E-state index contributed by atoms with van der Waals surface area (Å²) in [6.07, 6.45) is 0. The van der Waals surface area contributed by atoms with Crippen molar-refractivity contribution in [2.75, 3.05) is 14.2 Å². The molecule has 5 nitrogen and oxygen atoms in total. The van der Waals surface area contributed by atoms with Crippen LogP contribution in [0.2, 0.25) is 5.02 Å². The van der Waals surface area contributed by atoms with Crippen LogP contribution in [0.5, 0.6) is 11.5 Å². The van der Waals surface area contributed by atoms with Gasteiger partial charge < -0.3 is 9.47 Å². The van der Waals surface area contributed by atoms with Gasteiger partial charge in [-0.15, -0.1) is 0 Å². The summed E-state index contributed by atoms with van der Waals surface area (Å²) >= 11 is 5.87. The third-order valence-corrected chi connectivity index (χ3v) is 3.63. The standard InChI is InChI=1S/C10H10ClF3O5S/c1-17-7-4-3-6(8(11)9(7)18-2)5-19-20(15,16)10(12,13)14/h3-4H,5H2,1-2H3. The Labute approximate surface area is 118 Å². The second-order valence-corrected chi connectivity index (χ2v) is 5.42. The molecule has 0 aliphatic heterocycles. The molecule has 0 fully saturated rings. The normalized spacial score (nSPS) is 12.3. The van der Waals surface area contributed by atoms with Crippen molar-refractivity contribution in [1.82, 2.24) is 0 Å². The van der Waals surface area contributed by atoms with Crippen LogP contribution in [0.1, 0.15) is 5.56 Å². The van der Waals surface area contributed by atoms with Gasteiger partial charge in [-0.25, -0.2) is 0 Å². The van der Waals surface area contributed by atoms with Crippen LogP contribution in [-0.4, -0.2) is 28.1 Å². The van der Waals surface area contributed by atoms with Gasteiger partial charge in [0.1, 0.15) is 0 Å². The lowest BCUT2D eigenvalue weighted by atomic mass is 10.2. The quantitative estimate of drug-likeness (QED) is 0.612. The van der Waals surface area contributed by atoms with Crippen LogP contribution in [0.15, 0.2) is 12.1 Å². The molecule has 0 saturated heterocycles. The Morgan fingerprint density at radius 2 is 1.80 bits per heavy atom. The summed E-state index contributed by atoms with van der Waals surface area (Å²) in [4.78, 5) is 0. The van der Waals surface area contributed by atoms with Gasteiger partial charge in [-0.1, -0.05) is 17.7 Å². The van der Waals surface area contributed by atoms with Crippen molar-refractivity contribution in [3.8, 4) is 11.5 Å². The highest BCUT2D eigenvalue weighted by Crippen LogP contribution is 2.38. The van der Waals surface area contributed by atoms with E-state index in [4.69, 9.17) is 21.1 Å². The molecule has 0 spiro atoms. The lowest BCUT2D eigenvalue weighted by Crippen LogP contribution is -2.25. The molecular weight excluding hydrogens is 325 g/mol. The second-order valence-electron chi connectivity index (χ2n) is 3.44. The summed E-state index contributed by atoms with van der Waals surface area (Å²) in [6.45, 7) is -0.874. The molecule has 1 aromatic carbocycles. The molecule has 0 radical (unpaired) electrons. The third-order valence-electron chi connectivity index (χ3n) is 2.22. The Kier molecular flexibility index (Phi) is 5.11. The lowest BCUT2D eigenvalue weighted by Gasteiger charge is -2.13. The largest absolute Gasteiger partial charge is 0.523 e. The Morgan fingerprint density at radius 3 is 2.25 bits per heavy atom. The van der Waals surface area contributed by atoms with E-state index < -0.39 is 22.2 Å². The molecule has 1 rings (SSSR count). The highest BCUT2D eigenvalue weighted by molar-refractivity contribution is 7.87. The molecule has 114 valence electrons. The van der Waals surface area contributed by atoms with Crippen LogP contribution in [0.3, 0.4) is 0 Å². The summed E-state index contributed by atoms with van der Waals surface area (Å²) in [5.41, 5.74) is -5.48. The van der Waals surface area contributed by atoms with Gasteiger partial charge in [0.2, 0.25) is 0 Å². The van der Waals surface area contributed by atoms with Gasteiger partial charge in [-0.3, -0.25) is 4.18 Å². The Morgan fingerprint density at radius 1 is 1.20 bits per heavy atom. The summed E-state index contributed by atoms with van der Waals surface area (Å²) in [6, 6.07) is 2.64. The fraction of sp³-hybridized carbons (Fsp3) is 0.400. The van der Waals surface area contributed by atoms with E-state index in [1.54, 1.807) is 0 Å². The molecule has 0 atom stereocenters. The van der Waals surface area contributed by atoms with E-state index >= 15 is 0 Å². The smallest absolute Gasteiger partial charge is 0.493 e. The first-order valence-corrected chi connectivity index (χ1v) is 6.77. The number of alkyl halides is 3. The molecule has 0 aromatic heterocycles. The van der Waals surface area contributed by atoms with Gasteiger partial charge in [-0.05, 0) is 6.07 Å². The minimum Gasteiger partial charge on any atom is -0.493 e. The van der Waals surface area contributed by atoms with E-state index in [1.165, 1.54) is 26.4 Å². The van der Waals surface area contributed by atoms with Crippen molar-refractivity contribution in [2.45, 2.75) is 12.1 Å². The van der Waals surface area contributed by atoms with Gasteiger partial charge in [0, 0.05) is 5.56 Å². The summed E-state index contributed by atoms with van der Waals surface area (Å²) in [5, 5.41) is -0.0933. The van der Waals surface area contributed by atoms with Crippen LogP contribution in [0.25, 0.3) is 0 Å². The van der Waals surface area contributed by atoms with Crippen LogP contribution < -0.4 is 9.47 Å². The maximum Gasteiger partial charge on any atom is 0.523 e. The molecule has 0 heterocycles. The number of hydrogen-bond acceptors (Lipinski definition) is 5. The average molecular weight is 335 g/mol. The van der Waals surface area contributed by atoms with Gasteiger partial charge in [0.15, 0.2) is 11.5 Å². The third kappa shape index (κ3) is 3.47. The Hall–Kier alpha value is -1.19. The molecule has 1 aromatic rings. The molecule has 20 heavy (non-hydrogen) atoms. The van der Waals surface area contributed by atoms with Crippen molar-refractivity contribution in [2.24, 2.45) is 0 Å². The summed E-state index contributed by atoms with van der Waals surface area (Å²) < 4.78 is 71.6. The van der Waals surface area contributed by atoms with Crippen molar-refractivity contribution >= 4 is 21.7 Å². The highest BCUT2D eigenvalue weighted by Gasteiger charge is 2.47. The number of rotatable bonds is 5. The predicted octanol–water partition coefficient (Wildman–Crippen LogP) is 2.72. The minimum atomic E-state index is -5.68. The van der Waals surface area contributed by atoms with Gasteiger partial charge >= 0.3 is 15.6 Å². The molecule has 0 saturated carbocycles. The highest BCUT2D eigenvalue weighted by atomic mass is 35.5. The Bertz CT molecular complexity index is 585. The van der Waals surface area contributed by atoms with E-state index in [2.05, 4.69) is 4.18 Å². The van der Waals surface area contributed by atoms with Gasteiger partial charge in [0.25, 0.3) is 0 Å². The molecule has 0 N–H and O–H groups in total. The number of benzene rings is 1. The van der Waals surface area contributed by atoms with Crippen molar-refractivity contribution in [1.29, 1.82) is 0 Å².